The molecule has 1 heterocycles. The van der Waals surface area contributed by atoms with Gasteiger partial charge in [0.1, 0.15) is 12.1 Å². The van der Waals surface area contributed by atoms with Crippen molar-refractivity contribution in [2.75, 3.05) is 24.7 Å². The van der Waals surface area contributed by atoms with Crippen LogP contribution in [0.5, 0.6) is 0 Å². The Morgan fingerprint density at radius 1 is 1.38 bits per heavy atom. The summed E-state index contributed by atoms with van der Waals surface area (Å²) in [5.74, 6) is 0. The minimum absolute atomic E-state index is 0.486. The third-order valence-corrected chi connectivity index (χ3v) is 3.76. The van der Waals surface area contributed by atoms with Gasteiger partial charge in [0.15, 0.2) is 0 Å². The fourth-order valence-corrected chi connectivity index (χ4v) is 2.90. The molecule has 0 saturated heterocycles. The second-order valence-corrected chi connectivity index (χ2v) is 4.54. The van der Waals surface area contributed by atoms with Crippen LogP contribution in [-0.2, 0) is 6.42 Å². The highest BCUT2D eigenvalue weighted by atomic mass is 32.2. The van der Waals surface area contributed by atoms with Crippen LogP contribution in [0.15, 0.2) is 11.0 Å². The largest absolute Gasteiger partial charge is 0.374 e. The van der Waals surface area contributed by atoms with Crippen LogP contribution in [0, 0.1) is 22.7 Å². The number of hydrogen-bond donors (Lipinski definition) is 0. The van der Waals surface area contributed by atoms with Crippen molar-refractivity contribution >= 4 is 17.4 Å². The summed E-state index contributed by atoms with van der Waals surface area (Å²) in [4.78, 5) is 3.11. The minimum atomic E-state index is 0.486. The van der Waals surface area contributed by atoms with E-state index in [1.165, 1.54) is 5.56 Å². The number of nitriles is 2. The highest BCUT2D eigenvalue weighted by molar-refractivity contribution is 7.98. The van der Waals surface area contributed by atoms with Gasteiger partial charge in [-0.2, -0.15) is 10.5 Å². The van der Waals surface area contributed by atoms with E-state index >= 15 is 0 Å². The molecule has 3 nitrogen and oxygen atoms in total. The Morgan fingerprint density at radius 2 is 2.12 bits per heavy atom. The number of nitrogens with zero attached hydrogens (tertiary/aromatic N) is 3. The first-order valence-electron chi connectivity index (χ1n) is 4.98. The molecular formula is C12H11N3S. The van der Waals surface area contributed by atoms with Crippen LogP contribution in [-0.4, -0.2) is 19.8 Å². The molecule has 0 saturated carbocycles. The zero-order valence-electron chi connectivity index (χ0n) is 9.24. The van der Waals surface area contributed by atoms with E-state index in [4.69, 9.17) is 10.5 Å². The molecule has 0 bridgehead atoms. The lowest BCUT2D eigenvalue weighted by molar-refractivity contribution is 0.950. The van der Waals surface area contributed by atoms with Gasteiger partial charge in [-0.3, -0.25) is 0 Å². The highest BCUT2D eigenvalue weighted by Crippen LogP contribution is 2.38. The molecule has 1 aliphatic heterocycles. The molecule has 0 unspecified atom stereocenters. The second-order valence-electron chi connectivity index (χ2n) is 3.73. The second kappa shape index (κ2) is 4.08. The summed E-state index contributed by atoms with van der Waals surface area (Å²) in [7, 11) is 2.02. The smallest absolute Gasteiger partial charge is 0.102 e. The summed E-state index contributed by atoms with van der Waals surface area (Å²) in [6.45, 7) is 0.961. The predicted molar refractivity (Wildman–Crippen MR) is 64.6 cm³/mol. The zero-order chi connectivity index (χ0) is 11.7. The van der Waals surface area contributed by atoms with Crippen molar-refractivity contribution in [2.24, 2.45) is 0 Å². The van der Waals surface area contributed by atoms with E-state index in [0.29, 0.717) is 11.1 Å². The summed E-state index contributed by atoms with van der Waals surface area (Å²) < 4.78 is 0. The molecule has 0 aliphatic carbocycles. The molecule has 0 atom stereocenters. The van der Waals surface area contributed by atoms with Gasteiger partial charge in [0, 0.05) is 24.2 Å². The average molecular weight is 229 g/mol. The number of thioether (sulfide) groups is 1. The van der Waals surface area contributed by atoms with E-state index in [9.17, 15) is 0 Å². The molecule has 1 aromatic rings. The zero-order valence-corrected chi connectivity index (χ0v) is 10.1. The van der Waals surface area contributed by atoms with Gasteiger partial charge in [0.25, 0.3) is 0 Å². The minimum Gasteiger partial charge on any atom is -0.374 e. The molecule has 0 amide bonds. The number of likely N-dealkylation sites (N-methyl/N-ethyl adjacent to an activating group) is 1. The maximum atomic E-state index is 9.13. The normalized spacial score (nSPS) is 13.1. The fraction of sp³-hybridized carbons (Fsp3) is 0.333. The number of fused-ring (bicyclic) bond motifs is 1. The van der Waals surface area contributed by atoms with Crippen molar-refractivity contribution in [3.05, 3.63) is 22.8 Å². The van der Waals surface area contributed by atoms with E-state index in [2.05, 4.69) is 17.0 Å². The first-order chi connectivity index (χ1) is 7.72. The van der Waals surface area contributed by atoms with Crippen LogP contribution in [0.25, 0.3) is 0 Å². The molecule has 0 spiro atoms. The van der Waals surface area contributed by atoms with Gasteiger partial charge < -0.3 is 4.90 Å². The average Bonchev–Trinajstić information content (AvgIpc) is 2.68. The number of anilines is 1. The monoisotopic (exact) mass is 229 g/mol. The van der Waals surface area contributed by atoms with Gasteiger partial charge >= 0.3 is 0 Å². The van der Waals surface area contributed by atoms with E-state index in [1.54, 1.807) is 11.8 Å². The molecule has 4 heteroatoms. The quantitative estimate of drug-likeness (QED) is 0.692. The SMILES string of the molecule is CSc1c(C#N)c(C#N)cc2c1CCN2C. The lowest BCUT2D eigenvalue weighted by Gasteiger charge is -2.14. The molecule has 1 aliphatic rings. The Labute approximate surface area is 99.3 Å². The standard InChI is InChI=1S/C12H11N3S/c1-15-4-3-9-11(15)5-8(6-13)10(7-14)12(9)16-2/h5H,3-4H2,1-2H3. The first-order valence-corrected chi connectivity index (χ1v) is 6.20. The van der Waals surface area contributed by atoms with Crippen LogP contribution in [0.4, 0.5) is 5.69 Å². The van der Waals surface area contributed by atoms with Gasteiger partial charge in [0.05, 0.1) is 11.1 Å². The summed E-state index contributed by atoms with van der Waals surface area (Å²) >= 11 is 1.56. The van der Waals surface area contributed by atoms with Crippen LogP contribution >= 0.6 is 11.8 Å². The van der Waals surface area contributed by atoms with Crippen molar-refractivity contribution in [3.8, 4) is 12.1 Å². The summed E-state index contributed by atoms with van der Waals surface area (Å²) in [5, 5.41) is 18.2. The van der Waals surface area contributed by atoms with Crippen LogP contribution in [0.2, 0.25) is 0 Å². The van der Waals surface area contributed by atoms with Crippen molar-refractivity contribution < 1.29 is 0 Å². The maximum absolute atomic E-state index is 9.13. The van der Waals surface area contributed by atoms with E-state index in [0.717, 1.165) is 23.5 Å². The Morgan fingerprint density at radius 3 is 2.69 bits per heavy atom. The van der Waals surface area contributed by atoms with Crippen molar-refractivity contribution in [3.63, 3.8) is 0 Å². The molecule has 0 N–H and O–H groups in total. The lowest BCUT2D eigenvalue weighted by Crippen LogP contribution is -2.12. The summed E-state index contributed by atoms with van der Waals surface area (Å²) in [6, 6.07) is 6.09. The van der Waals surface area contributed by atoms with E-state index < -0.39 is 0 Å². The molecule has 16 heavy (non-hydrogen) atoms. The van der Waals surface area contributed by atoms with E-state index in [-0.39, 0.29) is 0 Å². The van der Waals surface area contributed by atoms with Gasteiger partial charge in [-0.1, -0.05) is 0 Å². The lowest BCUT2D eigenvalue weighted by atomic mass is 10.0. The fourth-order valence-electron chi connectivity index (χ4n) is 2.09. The number of hydrogen-bond acceptors (Lipinski definition) is 4. The first kappa shape index (κ1) is 10.9. The van der Waals surface area contributed by atoms with Gasteiger partial charge in [0.2, 0.25) is 0 Å². The van der Waals surface area contributed by atoms with Crippen LogP contribution in [0.1, 0.15) is 16.7 Å². The predicted octanol–water partition coefficient (Wildman–Crippen LogP) is 2.14. The molecule has 0 aromatic heterocycles. The molecule has 1 aromatic carbocycles. The van der Waals surface area contributed by atoms with Crippen molar-refractivity contribution in [1.82, 2.24) is 0 Å². The molecule has 80 valence electrons. The Balaban J connectivity index is 2.76. The van der Waals surface area contributed by atoms with Crippen molar-refractivity contribution in [2.45, 2.75) is 11.3 Å². The van der Waals surface area contributed by atoms with Crippen LogP contribution < -0.4 is 4.90 Å². The van der Waals surface area contributed by atoms with Gasteiger partial charge in [-0.05, 0) is 24.3 Å². The third kappa shape index (κ3) is 1.43. The molecule has 0 fully saturated rings. The number of benzene rings is 1. The van der Waals surface area contributed by atoms with Crippen LogP contribution in [0.3, 0.4) is 0 Å². The Hall–Kier alpha value is -1.65. The van der Waals surface area contributed by atoms with Gasteiger partial charge in [-0.25, -0.2) is 0 Å². The topological polar surface area (TPSA) is 50.8 Å². The van der Waals surface area contributed by atoms with Crippen molar-refractivity contribution in [1.29, 1.82) is 10.5 Å². The Kier molecular flexibility index (Phi) is 2.77. The highest BCUT2D eigenvalue weighted by Gasteiger charge is 2.23. The van der Waals surface area contributed by atoms with E-state index in [1.807, 2.05) is 19.4 Å². The molecule has 2 rings (SSSR count). The summed E-state index contributed by atoms with van der Waals surface area (Å²) in [6.07, 6.45) is 2.92. The van der Waals surface area contributed by atoms with Gasteiger partial charge in [-0.15, -0.1) is 11.8 Å². The number of rotatable bonds is 1. The Bertz CT molecular complexity index is 523. The maximum Gasteiger partial charge on any atom is 0.102 e. The third-order valence-electron chi connectivity index (χ3n) is 2.91. The molecule has 0 radical (unpaired) electrons. The summed E-state index contributed by atoms with van der Waals surface area (Å²) in [5.41, 5.74) is 3.33. The molecular weight excluding hydrogens is 218 g/mol.